The van der Waals surface area contributed by atoms with Crippen LogP contribution in [-0.2, 0) is 4.79 Å². The lowest BCUT2D eigenvalue weighted by atomic mass is 10.2. The summed E-state index contributed by atoms with van der Waals surface area (Å²) in [7, 11) is 0. The van der Waals surface area contributed by atoms with Gasteiger partial charge in [0.05, 0.1) is 17.6 Å². The van der Waals surface area contributed by atoms with Crippen molar-refractivity contribution >= 4 is 28.8 Å². The Labute approximate surface area is 105 Å². The Morgan fingerprint density at radius 1 is 1.65 bits per heavy atom. The number of thiocarbonyl (C=S) groups is 1. The third-order valence-corrected chi connectivity index (χ3v) is 3.04. The Balaban J connectivity index is 2.22. The fourth-order valence-corrected chi connectivity index (χ4v) is 1.96. The molecule has 1 amide bonds. The van der Waals surface area contributed by atoms with Crippen molar-refractivity contribution in [3.63, 3.8) is 0 Å². The van der Waals surface area contributed by atoms with E-state index >= 15 is 0 Å². The molecule has 0 aromatic carbocycles. The quantitative estimate of drug-likeness (QED) is 0.725. The number of piperazine rings is 1. The third-order valence-electron chi connectivity index (χ3n) is 2.83. The highest BCUT2D eigenvalue weighted by atomic mass is 32.1. The van der Waals surface area contributed by atoms with Crippen LogP contribution in [0.5, 0.6) is 0 Å². The summed E-state index contributed by atoms with van der Waals surface area (Å²) in [6.45, 7) is 3.30. The molecule has 1 saturated heterocycles. The van der Waals surface area contributed by atoms with Crippen molar-refractivity contribution in [1.29, 1.82) is 0 Å². The van der Waals surface area contributed by atoms with Crippen molar-refractivity contribution in [2.75, 3.05) is 18.0 Å². The van der Waals surface area contributed by atoms with E-state index in [0.29, 0.717) is 12.2 Å². The van der Waals surface area contributed by atoms with E-state index in [1.807, 2.05) is 17.9 Å². The van der Waals surface area contributed by atoms with Crippen LogP contribution in [0.3, 0.4) is 0 Å². The van der Waals surface area contributed by atoms with Gasteiger partial charge in [0.25, 0.3) is 0 Å². The number of aromatic nitrogens is 1. The molecule has 17 heavy (non-hydrogen) atoms. The zero-order chi connectivity index (χ0) is 12.4. The van der Waals surface area contributed by atoms with Crippen LogP contribution in [0, 0.1) is 0 Å². The standard InChI is InChI=1S/C11H14N4OS/c1-7-11(16)13-4-5-15(7)8-2-3-9(10(12)17)14-6-8/h2-3,6-7H,4-5H2,1H3,(H2,12,17)(H,13,16). The van der Waals surface area contributed by atoms with Gasteiger partial charge in [-0.05, 0) is 19.1 Å². The Bertz CT molecular complexity index is 445. The molecule has 0 radical (unpaired) electrons. The molecule has 0 bridgehead atoms. The SMILES string of the molecule is CC1C(=O)NCCN1c1ccc(C(N)=S)nc1. The van der Waals surface area contributed by atoms with Gasteiger partial charge in [0.15, 0.2) is 0 Å². The van der Waals surface area contributed by atoms with E-state index in [1.165, 1.54) is 0 Å². The van der Waals surface area contributed by atoms with Crippen molar-refractivity contribution in [1.82, 2.24) is 10.3 Å². The van der Waals surface area contributed by atoms with Crippen LogP contribution in [0.25, 0.3) is 0 Å². The highest BCUT2D eigenvalue weighted by Crippen LogP contribution is 2.17. The first-order valence-electron chi connectivity index (χ1n) is 5.40. The topological polar surface area (TPSA) is 71.2 Å². The maximum absolute atomic E-state index is 11.5. The molecule has 1 fully saturated rings. The van der Waals surface area contributed by atoms with Gasteiger partial charge in [-0.1, -0.05) is 12.2 Å². The van der Waals surface area contributed by atoms with Crippen LogP contribution in [0.4, 0.5) is 5.69 Å². The number of amides is 1. The van der Waals surface area contributed by atoms with Gasteiger partial charge in [-0.25, -0.2) is 0 Å². The zero-order valence-corrected chi connectivity index (χ0v) is 10.3. The molecule has 5 nitrogen and oxygen atoms in total. The summed E-state index contributed by atoms with van der Waals surface area (Å²) in [6, 6.07) is 3.48. The minimum atomic E-state index is -0.179. The van der Waals surface area contributed by atoms with E-state index in [4.69, 9.17) is 18.0 Å². The van der Waals surface area contributed by atoms with E-state index in [1.54, 1.807) is 12.3 Å². The van der Waals surface area contributed by atoms with Gasteiger partial charge in [-0.2, -0.15) is 0 Å². The van der Waals surface area contributed by atoms with Gasteiger partial charge in [0.2, 0.25) is 5.91 Å². The molecule has 1 aliphatic heterocycles. The van der Waals surface area contributed by atoms with Crippen LogP contribution in [-0.4, -0.2) is 35.0 Å². The van der Waals surface area contributed by atoms with Crippen LogP contribution >= 0.6 is 12.2 Å². The normalized spacial score (nSPS) is 19.9. The smallest absolute Gasteiger partial charge is 0.242 e. The molecular formula is C11H14N4OS. The minimum Gasteiger partial charge on any atom is -0.388 e. The molecule has 0 spiro atoms. The first-order valence-corrected chi connectivity index (χ1v) is 5.80. The first-order chi connectivity index (χ1) is 8.09. The molecule has 2 heterocycles. The summed E-state index contributed by atoms with van der Waals surface area (Å²) >= 11 is 4.84. The van der Waals surface area contributed by atoms with Gasteiger partial charge in [-0.15, -0.1) is 0 Å². The van der Waals surface area contributed by atoms with E-state index in [9.17, 15) is 4.79 Å². The molecule has 1 aromatic rings. The largest absolute Gasteiger partial charge is 0.388 e. The molecule has 3 N–H and O–H groups in total. The highest BCUT2D eigenvalue weighted by Gasteiger charge is 2.25. The van der Waals surface area contributed by atoms with Crippen LogP contribution in [0.1, 0.15) is 12.6 Å². The fraction of sp³-hybridized carbons (Fsp3) is 0.364. The minimum absolute atomic E-state index is 0.0367. The lowest BCUT2D eigenvalue weighted by Crippen LogP contribution is -2.54. The molecular weight excluding hydrogens is 236 g/mol. The Morgan fingerprint density at radius 2 is 2.41 bits per heavy atom. The number of anilines is 1. The number of pyridine rings is 1. The Hall–Kier alpha value is -1.69. The summed E-state index contributed by atoms with van der Waals surface area (Å²) in [5.41, 5.74) is 6.99. The average Bonchev–Trinajstić information content (AvgIpc) is 2.33. The number of nitrogens with two attached hydrogens (primary N) is 1. The number of rotatable bonds is 2. The van der Waals surface area contributed by atoms with E-state index in [2.05, 4.69) is 10.3 Å². The second-order valence-electron chi connectivity index (χ2n) is 3.93. The van der Waals surface area contributed by atoms with Crippen molar-refractivity contribution < 1.29 is 4.79 Å². The predicted octanol–water partition coefficient (Wildman–Crippen LogP) is 0.0405. The molecule has 1 unspecified atom stereocenters. The number of nitrogens with zero attached hydrogens (tertiary/aromatic N) is 2. The summed E-state index contributed by atoms with van der Waals surface area (Å²) in [5, 5.41) is 2.82. The van der Waals surface area contributed by atoms with E-state index < -0.39 is 0 Å². The van der Waals surface area contributed by atoms with Gasteiger partial charge in [0, 0.05) is 13.1 Å². The maximum Gasteiger partial charge on any atom is 0.242 e. The van der Waals surface area contributed by atoms with Crippen LogP contribution in [0.2, 0.25) is 0 Å². The molecule has 1 aliphatic rings. The molecule has 0 saturated carbocycles. The summed E-state index contributed by atoms with van der Waals surface area (Å²) in [6.07, 6.45) is 1.70. The fourth-order valence-electron chi connectivity index (χ4n) is 1.84. The number of nitrogens with one attached hydrogen (secondary N) is 1. The predicted molar refractivity (Wildman–Crippen MR) is 69.9 cm³/mol. The van der Waals surface area contributed by atoms with Crippen LogP contribution in [0.15, 0.2) is 18.3 Å². The Morgan fingerprint density at radius 3 is 3.00 bits per heavy atom. The third kappa shape index (κ3) is 2.36. The van der Waals surface area contributed by atoms with E-state index in [-0.39, 0.29) is 16.9 Å². The summed E-state index contributed by atoms with van der Waals surface area (Å²) in [4.78, 5) is 18.0. The molecule has 0 aliphatic carbocycles. The van der Waals surface area contributed by atoms with Crippen molar-refractivity contribution in [2.45, 2.75) is 13.0 Å². The number of hydrogen-bond acceptors (Lipinski definition) is 4. The van der Waals surface area contributed by atoms with Gasteiger partial charge in [0.1, 0.15) is 11.0 Å². The summed E-state index contributed by atoms with van der Waals surface area (Å²) in [5.74, 6) is 0.0367. The first kappa shape index (κ1) is 11.8. The lowest BCUT2D eigenvalue weighted by molar-refractivity contribution is -0.122. The number of carbonyl (C=O) groups is 1. The maximum atomic E-state index is 11.5. The van der Waals surface area contributed by atoms with Gasteiger partial charge in [-0.3, -0.25) is 9.78 Å². The molecule has 1 aromatic heterocycles. The van der Waals surface area contributed by atoms with Crippen molar-refractivity contribution in [2.24, 2.45) is 5.73 Å². The monoisotopic (exact) mass is 250 g/mol. The van der Waals surface area contributed by atoms with E-state index in [0.717, 1.165) is 12.2 Å². The molecule has 90 valence electrons. The number of hydrogen-bond donors (Lipinski definition) is 2. The molecule has 6 heteroatoms. The second-order valence-corrected chi connectivity index (χ2v) is 4.37. The molecule has 1 atom stereocenters. The molecule has 2 rings (SSSR count). The van der Waals surface area contributed by atoms with Gasteiger partial charge < -0.3 is 16.0 Å². The zero-order valence-electron chi connectivity index (χ0n) is 9.51. The second kappa shape index (κ2) is 4.67. The number of carbonyl (C=O) groups excluding carboxylic acids is 1. The van der Waals surface area contributed by atoms with Crippen molar-refractivity contribution in [3.8, 4) is 0 Å². The average molecular weight is 250 g/mol. The van der Waals surface area contributed by atoms with Gasteiger partial charge >= 0.3 is 0 Å². The Kier molecular flexibility index (Phi) is 3.23. The highest BCUT2D eigenvalue weighted by molar-refractivity contribution is 7.80. The van der Waals surface area contributed by atoms with Crippen molar-refractivity contribution in [3.05, 3.63) is 24.0 Å². The van der Waals surface area contributed by atoms with Crippen LogP contribution < -0.4 is 16.0 Å². The summed E-state index contributed by atoms with van der Waals surface area (Å²) < 4.78 is 0. The lowest BCUT2D eigenvalue weighted by Gasteiger charge is -2.34.